The Bertz CT molecular complexity index is 558. The van der Waals surface area contributed by atoms with Gasteiger partial charge >= 0.3 is 0 Å². The van der Waals surface area contributed by atoms with Crippen molar-refractivity contribution in [1.82, 2.24) is 5.32 Å². The van der Waals surface area contributed by atoms with Crippen LogP contribution in [0.5, 0.6) is 0 Å². The first-order valence-corrected chi connectivity index (χ1v) is 7.32. The highest BCUT2D eigenvalue weighted by molar-refractivity contribution is 5.66. The Labute approximate surface area is 127 Å². The van der Waals surface area contributed by atoms with Crippen molar-refractivity contribution in [2.75, 3.05) is 26.8 Å². The van der Waals surface area contributed by atoms with Gasteiger partial charge < -0.3 is 10.1 Å². The second kappa shape index (κ2) is 8.40. The Kier molecular flexibility index (Phi) is 6.20. The molecule has 0 radical (unpaired) electrons. The van der Waals surface area contributed by atoms with Gasteiger partial charge in [-0.15, -0.1) is 0 Å². The van der Waals surface area contributed by atoms with Gasteiger partial charge in [0, 0.05) is 20.2 Å². The fourth-order valence-electron chi connectivity index (χ4n) is 2.20. The largest absolute Gasteiger partial charge is 0.383 e. The van der Waals surface area contributed by atoms with Gasteiger partial charge in [-0.3, -0.25) is 0 Å². The molecular weight excluding hydrogens is 258 g/mol. The fourth-order valence-corrected chi connectivity index (χ4v) is 2.20. The molecule has 0 atom stereocenters. The summed E-state index contributed by atoms with van der Waals surface area (Å²) in [5.41, 5.74) is 5.06. The van der Waals surface area contributed by atoms with E-state index in [0.29, 0.717) is 0 Å². The molecule has 0 heterocycles. The average molecular weight is 281 g/mol. The Morgan fingerprint density at radius 1 is 1.00 bits per heavy atom. The molecule has 110 valence electrons. The van der Waals surface area contributed by atoms with Gasteiger partial charge in [-0.2, -0.15) is 0 Å². The maximum atomic E-state index is 5.02. The molecule has 2 nitrogen and oxygen atoms in total. The van der Waals surface area contributed by atoms with E-state index in [1.165, 1.54) is 22.3 Å². The molecule has 0 saturated carbocycles. The molecule has 0 aliphatic heterocycles. The van der Waals surface area contributed by atoms with Gasteiger partial charge in [0.1, 0.15) is 0 Å². The van der Waals surface area contributed by atoms with Crippen molar-refractivity contribution < 1.29 is 4.74 Å². The molecule has 0 unspecified atom stereocenters. The second-order valence-corrected chi connectivity index (χ2v) is 5.15. The standard InChI is InChI=1S/C19H23NO/c1-16(15-20-12-13-21-2)14-17-8-10-19(11-9-17)18-6-4-3-5-7-18/h3-11,14,20H,12-13,15H2,1-2H3. The van der Waals surface area contributed by atoms with Gasteiger partial charge in [-0.1, -0.05) is 66.2 Å². The van der Waals surface area contributed by atoms with Gasteiger partial charge in [-0.05, 0) is 23.6 Å². The van der Waals surface area contributed by atoms with E-state index in [0.717, 1.165) is 19.7 Å². The molecule has 0 saturated heterocycles. The lowest BCUT2D eigenvalue weighted by Gasteiger charge is -2.05. The van der Waals surface area contributed by atoms with Crippen LogP contribution in [0.25, 0.3) is 17.2 Å². The summed E-state index contributed by atoms with van der Waals surface area (Å²) in [5, 5.41) is 3.35. The number of ether oxygens (including phenoxy) is 1. The third kappa shape index (κ3) is 5.18. The smallest absolute Gasteiger partial charge is 0.0587 e. The lowest BCUT2D eigenvalue weighted by Crippen LogP contribution is -2.20. The van der Waals surface area contributed by atoms with E-state index in [2.05, 4.69) is 66.8 Å². The number of hydrogen-bond acceptors (Lipinski definition) is 2. The van der Waals surface area contributed by atoms with E-state index in [1.807, 2.05) is 6.07 Å². The van der Waals surface area contributed by atoms with E-state index in [1.54, 1.807) is 7.11 Å². The van der Waals surface area contributed by atoms with Crippen LogP contribution in [0.1, 0.15) is 12.5 Å². The first kappa shape index (κ1) is 15.5. The van der Waals surface area contributed by atoms with Gasteiger partial charge in [-0.25, -0.2) is 0 Å². The number of benzene rings is 2. The summed E-state index contributed by atoms with van der Waals surface area (Å²) < 4.78 is 5.02. The van der Waals surface area contributed by atoms with E-state index >= 15 is 0 Å². The predicted octanol–water partition coefficient (Wildman–Crippen LogP) is 3.99. The summed E-state index contributed by atoms with van der Waals surface area (Å²) in [6, 6.07) is 19.1. The first-order valence-electron chi connectivity index (χ1n) is 7.32. The van der Waals surface area contributed by atoms with E-state index < -0.39 is 0 Å². The number of rotatable bonds is 7. The molecule has 0 fully saturated rings. The summed E-state index contributed by atoms with van der Waals surface area (Å²) in [6.07, 6.45) is 2.22. The third-order valence-corrected chi connectivity index (χ3v) is 3.32. The van der Waals surface area contributed by atoms with E-state index in [-0.39, 0.29) is 0 Å². The van der Waals surface area contributed by atoms with E-state index in [9.17, 15) is 0 Å². The van der Waals surface area contributed by atoms with Crippen LogP contribution >= 0.6 is 0 Å². The normalized spacial score (nSPS) is 11.6. The molecular formula is C19H23NO. The number of hydrogen-bond donors (Lipinski definition) is 1. The molecule has 2 heteroatoms. The molecule has 0 amide bonds. The van der Waals surface area contributed by atoms with Crippen molar-refractivity contribution >= 4 is 6.08 Å². The summed E-state index contributed by atoms with van der Waals surface area (Å²) in [4.78, 5) is 0. The SMILES string of the molecule is COCCNCC(C)=Cc1ccc(-c2ccccc2)cc1. The molecule has 0 aliphatic rings. The van der Waals surface area contributed by atoms with Crippen LogP contribution in [0.3, 0.4) is 0 Å². The quantitative estimate of drug-likeness (QED) is 0.775. The molecule has 0 aliphatic carbocycles. The lowest BCUT2D eigenvalue weighted by molar-refractivity contribution is 0.200. The molecule has 0 bridgehead atoms. The minimum Gasteiger partial charge on any atom is -0.383 e. The first-order chi connectivity index (χ1) is 10.3. The zero-order chi connectivity index (χ0) is 14.9. The van der Waals surface area contributed by atoms with Crippen molar-refractivity contribution in [1.29, 1.82) is 0 Å². The van der Waals surface area contributed by atoms with Crippen molar-refractivity contribution in [3.63, 3.8) is 0 Å². The van der Waals surface area contributed by atoms with Crippen LogP contribution in [0.2, 0.25) is 0 Å². The monoisotopic (exact) mass is 281 g/mol. The van der Waals surface area contributed by atoms with Crippen molar-refractivity contribution in [2.45, 2.75) is 6.92 Å². The highest BCUT2D eigenvalue weighted by Crippen LogP contribution is 2.20. The molecule has 2 aromatic rings. The van der Waals surface area contributed by atoms with Crippen molar-refractivity contribution in [3.8, 4) is 11.1 Å². The van der Waals surface area contributed by atoms with E-state index in [4.69, 9.17) is 4.74 Å². The average Bonchev–Trinajstić information content (AvgIpc) is 2.53. The maximum absolute atomic E-state index is 5.02. The third-order valence-electron chi connectivity index (χ3n) is 3.32. The van der Waals surface area contributed by atoms with Gasteiger partial charge in [0.15, 0.2) is 0 Å². The summed E-state index contributed by atoms with van der Waals surface area (Å²) in [7, 11) is 1.72. The zero-order valence-corrected chi connectivity index (χ0v) is 12.8. The van der Waals surface area contributed by atoms with Crippen LogP contribution < -0.4 is 5.32 Å². The van der Waals surface area contributed by atoms with Gasteiger partial charge in [0.25, 0.3) is 0 Å². The summed E-state index contributed by atoms with van der Waals surface area (Å²) in [5.74, 6) is 0. The highest BCUT2D eigenvalue weighted by Gasteiger charge is 1.97. The topological polar surface area (TPSA) is 21.3 Å². The van der Waals surface area contributed by atoms with Crippen LogP contribution in [-0.4, -0.2) is 26.8 Å². The van der Waals surface area contributed by atoms with Crippen LogP contribution in [0, 0.1) is 0 Å². The molecule has 21 heavy (non-hydrogen) atoms. The number of methoxy groups -OCH3 is 1. The highest BCUT2D eigenvalue weighted by atomic mass is 16.5. The Hall–Kier alpha value is -1.90. The lowest BCUT2D eigenvalue weighted by atomic mass is 10.0. The Morgan fingerprint density at radius 2 is 1.67 bits per heavy atom. The Balaban J connectivity index is 1.96. The second-order valence-electron chi connectivity index (χ2n) is 5.15. The zero-order valence-electron chi connectivity index (χ0n) is 12.8. The molecule has 2 rings (SSSR count). The van der Waals surface area contributed by atoms with Gasteiger partial charge in [0.2, 0.25) is 0 Å². The maximum Gasteiger partial charge on any atom is 0.0587 e. The summed E-state index contributed by atoms with van der Waals surface area (Å²) in [6.45, 7) is 4.67. The Morgan fingerprint density at radius 3 is 2.33 bits per heavy atom. The van der Waals surface area contributed by atoms with Crippen LogP contribution in [-0.2, 0) is 4.74 Å². The predicted molar refractivity (Wildman–Crippen MR) is 90.3 cm³/mol. The number of nitrogens with one attached hydrogen (secondary N) is 1. The van der Waals surface area contributed by atoms with Crippen LogP contribution in [0.15, 0.2) is 60.2 Å². The summed E-state index contributed by atoms with van der Waals surface area (Å²) >= 11 is 0. The van der Waals surface area contributed by atoms with Crippen molar-refractivity contribution in [2.24, 2.45) is 0 Å². The minimum atomic E-state index is 0.749. The van der Waals surface area contributed by atoms with Gasteiger partial charge in [0.05, 0.1) is 6.61 Å². The minimum absolute atomic E-state index is 0.749. The molecule has 1 N–H and O–H groups in total. The van der Waals surface area contributed by atoms with Crippen molar-refractivity contribution in [3.05, 3.63) is 65.7 Å². The molecule has 2 aromatic carbocycles. The van der Waals surface area contributed by atoms with Crippen LogP contribution in [0.4, 0.5) is 0 Å². The molecule has 0 spiro atoms. The fraction of sp³-hybridized carbons (Fsp3) is 0.263. The molecule has 0 aromatic heterocycles.